The molecule has 0 spiro atoms. The fraction of sp³-hybridized carbons (Fsp3) is 0.462. The highest BCUT2D eigenvalue weighted by atomic mass is 16.5. The third-order valence-corrected chi connectivity index (χ3v) is 2.87. The van der Waals surface area contributed by atoms with Crippen LogP contribution in [0.5, 0.6) is 0 Å². The van der Waals surface area contributed by atoms with Crippen molar-refractivity contribution >= 4 is 17.3 Å². The van der Waals surface area contributed by atoms with E-state index >= 15 is 0 Å². The molecular formula is C13H18N2O2. The Bertz CT molecular complexity index is 420. The van der Waals surface area contributed by atoms with Crippen molar-refractivity contribution < 1.29 is 9.53 Å². The van der Waals surface area contributed by atoms with Gasteiger partial charge in [0.2, 0.25) is 0 Å². The molecule has 0 saturated carbocycles. The van der Waals surface area contributed by atoms with Crippen LogP contribution >= 0.6 is 0 Å². The van der Waals surface area contributed by atoms with E-state index in [9.17, 15) is 4.79 Å². The van der Waals surface area contributed by atoms with Crippen LogP contribution < -0.4 is 10.6 Å². The van der Waals surface area contributed by atoms with Gasteiger partial charge in [0.1, 0.15) is 0 Å². The van der Waals surface area contributed by atoms with Crippen molar-refractivity contribution in [3.63, 3.8) is 0 Å². The normalized spacial score (nSPS) is 22.0. The lowest BCUT2D eigenvalue weighted by atomic mass is 9.94. The topological polar surface area (TPSA) is 50.4 Å². The summed E-state index contributed by atoms with van der Waals surface area (Å²) < 4.78 is 4.99. The first-order chi connectivity index (χ1) is 8.13. The smallest absolute Gasteiger partial charge is 0.308 e. The maximum atomic E-state index is 11.5. The van der Waals surface area contributed by atoms with Crippen molar-refractivity contribution in [2.75, 3.05) is 23.8 Å². The predicted molar refractivity (Wildman–Crippen MR) is 68.2 cm³/mol. The lowest BCUT2D eigenvalue weighted by molar-refractivity contribution is -0.144. The van der Waals surface area contributed by atoms with Gasteiger partial charge in [-0.1, -0.05) is 12.1 Å². The molecule has 2 N–H and O–H groups in total. The summed E-state index contributed by atoms with van der Waals surface area (Å²) in [7, 11) is 0. The number of anilines is 2. The molecule has 1 aromatic carbocycles. The first-order valence-electron chi connectivity index (χ1n) is 5.90. The average Bonchev–Trinajstić information content (AvgIpc) is 2.28. The van der Waals surface area contributed by atoms with E-state index in [1.54, 1.807) is 0 Å². The number of benzene rings is 1. The number of nitrogens with one attached hydrogen (secondary N) is 2. The monoisotopic (exact) mass is 234 g/mol. The molecule has 4 nitrogen and oxygen atoms in total. The summed E-state index contributed by atoms with van der Waals surface area (Å²) in [6, 6.07) is 7.99. The Kier molecular flexibility index (Phi) is 3.22. The molecule has 0 bridgehead atoms. The number of carbonyl (C=O) groups excluding carboxylic acids is 1. The number of hydrogen-bond donors (Lipinski definition) is 2. The van der Waals surface area contributed by atoms with Crippen LogP contribution in [0.1, 0.15) is 20.3 Å². The average molecular weight is 234 g/mol. The van der Waals surface area contributed by atoms with Crippen LogP contribution in [0.2, 0.25) is 0 Å². The second kappa shape index (κ2) is 4.65. The molecule has 0 aromatic heterocycles. The minimum absolute atomic E-state index is 0.163. The highest BCUT2D eigenvalue weighted by molar-refractivity contribution is 5.76. The zero-order valence-electron chi connectivity index (χ0n) is 10.2. The van der Waals surface area contributed by atoms with Crippen molar-refractivity contribution in [2.24, 2.45) is 0 Å². The summed E-state index contributed by atoms with van der Waals surface area (Å²) in [6.45, 7) is 4.98. The van der Waals surface area contributed by atoms with E-state index in [4.69, 9.17) is 4.74 Å². The number of fused-ring (bicyclic) bond motifs is 1. The zero-order valence-corrected chi connectivity index (χ0v) is 10.2. The Morgan fingerprint density at radius 3 is 2.82 bits per heavy atom. The summed E-state index contributed by atoms with van der Waals surface area (Å²) in [5.41, 5.74) is 1.82. The van der Waals surface area contributed by atoms with Gasteiger partial charge in [0.05, 0.1) is 29.9 Å². The van der Waals surface area contributed by atoms with Gasteiger partial charge in [0.15, 0.2) is 0 Å². The predicted octanol–water partition coefficient (Wildman–Crippen LogP) is 2.24. The molecule has 0 saturated heterocycles. The fourth-order valence-corrected chi connectivity index (χ4v) is 2.04. The van der Waals surface area contributed by atoms with Gasteiger partial charge in [-0.3, -0.25) is 4.79 Å². The molecule has 1 aliphatic rings. The number of hydrogen-bond acceptors (Lipinski definition) is 4. The molecule has 1 heterocycles. The number of esters is 1. The summed E-state index contributed by atoms with van der Waals surface area (Å²) in [5.74, 6) is -0.163. The molecule has 2 rings (SSSR count). The minimum atomic E-state index is -0.291. The molecule has 92 valence electrons. The van der Waals surface area contributed by atoms with Gasteiger partial charge in [-0.05, 0) is 26.0 Å². The number of rotatable bonds is 3. The first-order valence-corrected chi connectivity index (χ1v) is 5.90. The minimum Gasteiger partial charge on any atom is -0.466 e. The van der Waals surface area contributed by atoms with Gasteiger partial charge in [-0.25, -0.2) is 0 Å². The molecule has 4 heteroatoms. The van der Waals surface area contributed by atoms with E-state index in [-0.39, 0.29) is 11.5 Å². The second-order valence-electron chi connectivity index (χ2n) is 4.57. The number of carbonyl (C=O) groups is 1. The van der Waals surface area contributed by atoms with E-state index in [1.165, 1.54) is 0 Å². The molecule has 0 aliphatic carbocycles. The van der Waals surface area contributed by atoms with Crippen LogP contribution in [0.3, 0.4) is 0 Å². The molecule has 0 radical (unpaired) electrons. The van der Waals surface area contributed by atoms with Crippen molar-refractivity contribution in [1.29, 1.82) is 0 Å². The van der Waals surface area contributed by atoms with E-state index < -0.39 is 0 Å². The van der Waals surface area contributed by atoms with Crippen molar-refractivity contribution in [3.8, 4) is 0 Å². The van der Waals surface area contributed by atoms with Gasteiger partial charge in [0, 0.05) is 6.54 Å². The van der Waals surface area contributed by atoms with Crippen molar-refractivity contribution in [3.05, 3.63) is 24.3 Å². The Balaban J connectivity index is 2.07. The highest BCUT2D eigenvalue weighted by Gasteiger charge is 2.31. The number of para-hydroxylation sites is 2. The number of ether oxygens (including phenoxy) is 1. The Hall–Kier alpha value is -1.71. The van der Waals surface area contributed by atoms with Gasteiger partial charge in [-0.15, -0.1) is 0 Å². The lowest BCUT2D eigenvalue weighted by Gasteiger charge is -2.37. The summed E-state index contributed by atoms with van der Waals surface area (Å²) in [5, 5.41) is 6.73. The third-order valence-electron chi connectivity index (χ3n) is 2.87. The lowest BCUT2D eigenvalue weighted by Crippen LogP contribution is -2.46. The van der Waals surface area contributed by atoms with E-state index in [2.05, 4.69) is 10.6 Å². The largest absolute Gasteiger partial charge is 0.466 e. The standard InChI is InChI=1S/C13H18N2O2/c1-3-17-12(16)8-13(2)9-14-10-6-4-5-7-11(10)15-13/h4-7,14-15H,3,8-9H2,1-2H3/t13-/m1/s1. The van der Waals surface area contributed by atoms with Crippen LogP contribution in [-0.4, -0.2) is 24.7 Å². The molecule has 1 aromatic rings. The SMILES string of the molecule is CCOC(=O)C[C@]1(C)CNc2ccccc2N1. The summed E-state index contributed by atoms with van der Waals surface area (Å²) >= 11 is 0. The van der Waals surface area contributed by atoms with Crippen LogP contribution in [0.25, 0.3) is 0 Å². The van der Waals surface area contributed by atoms with Gasteiger partial charge >= 0.3 is 5.97 Å². The van der Waals surface area contributed by atoms with Crippen LogP contribution in [0.4, 0.5) is 11.4 Å². The van der Waals surface area contributed by atoms with Crippen molar-refractivity contribution in [1.82, 2.24) is 0 Å². The van der Waals surface area contributed by atoms with Crippen LogP contribution in [0.15, 0.2) is 24.3 Å². The molecular weight excluding hydrogens is 216 g/mol. The first kappa shape index (κ1) is 11.8. The van der Waals surface area contributed by atoms with Gasteiger partial charge in [0.25, 0.3) is 0 Å². The Labute approximate surface area is 101 Å². The zero-order chi connectivity index (χ0) is 12.3. The molecule has 17 heavy (non-hydrogen) atoms. The van der Waals surface area contributed by atoms with Crippen LogP contribution in [-0.2, 0) is 9.53 Å². The van der Waals surface area contributed by atoms with E-state index in [0.29, 0.717) is 19.6 Å². The Morgan fingerprint density at radius 1 is 1.41 bits per heavy atom. The van der Waals surface area contributed by atoms with Gasteiger partial charge in [-0.2, -0.15) is 0 Å². The molecule has 0 amide bonds. The maximum absolute atomic E-state index is 11.5. The maximum Gasteiger partial charge on any atom is 0.308 e. The highest BCUT2D eigenvalue weighted by Crippen LogP contribution is 2.31. The third kappa shape index (κ3) is 2.70. The molecule has 1 aliphatic heterocycles. The second-order valence-corrected chi connectivity index (χ2v) is 4.57. The summed E-state index contributed by atoms with van der Waals surface area (Å²) in [4.78, 5) is 11.5. The Morgan fingerprint density at radius 2 is 2.12 bits per heavy atom. The molecule has 0 fully saturated rings. The van der Waals surface area contributed by atoms with Crippen LogP contribution in [0, 0.1) is 0 Å². The van der Waals surface area contributed by atoms with E-state index in [0.717, 1.165) is 11.4 Å². The van der Waals surface area contributed by atoms with Gasteiger partial charge < -0.3 is 15.4 Å². The van der Waals surface area contributed by atoms with Crippen molar-refractivity contribution in [2.45, 2.75) is 25.8 Å². The molecule has 1 atom stereocenters. The fourth-order valence-electron chi connectivity index (χ4n) is 2.04. The summed E-state index contributed by atoms with van der Waals surface area (Å²) in [6.07, 6.45) is 0.363. The quantitative estimate of drug-likeness (QED) is 0.787. The molecule has 0 unspecified atom stereocenters. The van der Waals surface area contributed by atoms with E-state index in [1.807, 2.05) is 38.1 Å².